The minimum absolute atomic E-state index is 0.116. The molecule has 1 aliphatic carbocycles. The van der Waals surface area contributed by atoms with Crippen LogP contribution in [0.1, 0.15) is 36.5 Å². The van der Waals surface area contributed by atoms with E-state index in [0.717, 1.165) is 31.4 Å². The van der Waals surface area contributed by atoms with Crippen LogP contribution in [0.5, 0.6) is 0 Å². The van der Waals surface area contributed by atoms with Crippen LogP contribution in [0.4, 0.5) is 10.1 Å². The van der Waals surface area contributed by atoms with Gasteiger partial charge in [0.25, 0.3) is 5.91 Å². The van der Waals surface area contributed by atoms with E-state index < -0.39 is 16.4 Å². The maximum atomic E-state index is 13.4. The molecule has 1 saturated carbocycles. The second-order valence-corrected chi connectivity index (χ2v) is 4.79. The lowest BCUT2D eigenvalue weighted by atomic mass is 10.2. The summed E-state index contributed by atoms with van der Waals surface area (Å²) in [5, 5.41) is 13.3. The number of hydrogen-bond donors (Lipinski definition) is 1. The van der Waals surface area contributed by atoms with Crippen molar-refractivity contribution in [3.8, 4) is 0 Å². The van der Waals surface area contributed by atoms with Crippen molar-refractivity contribution in [1.29, 1.82) is 0 Å². The third kappa shape index (κ3) is 3.07. The summed E-state index contributed by atoms with van der Waals surface area (Å²) in [4.78, 5) is 21.5. The van der Waals surface area contributed by atoms with Crippen LogP contribution < -0.4 is 5.32 Å². The van der Waals surface area contributed by atoms with Crippen molar-refractivity contribution >= 4 is 11.6 Å². The van der Waals surface area contributed by atoms with Gasteiger partial charge in [-0.05, 0) is 30.9 Å². The molecule has 0 radical (unpaired) electrons. The first-order valence-electron chi connectivity index (χ1n) is 6.27. The molecule has 1 N–H and O–H groups in total. The molecule has 5 nitrogen and oxygen atoms in total. The molecule has 1 aliphatic rings. The second-order valence-electron chi connectivity index (χ2n) is 4.79. The van der Waals surface area contributed by atoms with Gasteiger partial charge in [-0.25, -0.2) is 0 Å². The van der Waals surface area contributed by atoms with Crippen LogP contribution in [-0.2, 0) is 0 Å². The monoisotopic (exact) mass is 266 g/mol. The summed E-state index contributed by atoms with van der Waals surface area (Å²) in [5.74, 6) is -0.854. The number of nitro benzene ring substituents is 1. The molecule has 0 aromatic heterocycles. The molecule has 0 bridgehead atoms. The number of carbonyl (C=O) groups excluding carboxylic acids is 1. The molecule has 2 rings (SSSR count). The van der Waals surface area contributed by atoms with Gasteiger partial charge in [0.15, 0.2) is 0 Å². The van der Waals surface area contributed by atoms with E-state index in [4.69, 9.17) is 0 Å². The Labute approximate surface area is 110 Å². The van der Waals surface area contributed by atoms with Crippen molar-refractivity contribution in [2.24, 2.45) is 5.92 Å². The van der Waals surface area contributed by atoms with Crippen LogP contribution in [-0.4, -0.2) is 16.9 Å². The first-order valence-corrected chi connectivity index (χ1v) is 6.27. The standard InChI is InChI=1S/C13H15FN2O3/c1-2-3-8-7-11(8)15-13(17)9-4-5-12(16(18)19)10(14)6-9/h4-6,8,11H,2-3,7H2,1H3,(H,15,17). The number of nitrogens with zero attached hydrogens (tertiary/aromatic N) is 1. The fourth-order valence-electron chi connectivity index (χ4n) is 2.16. The molecule has 102 valence electrons. The van der Waals surface area contributed by atoms with Gasteiger partial charge in [-0.15, -0.1) is 0 Å². The zero-order chi connectivity index (χ0) is 14.0. The van der Waals surface area contributed by atoms with Crippen molar-refractivity contribution < 1.29 is 14.1 Å². The van der Waals surface area contributed by atoms with Crippen LogP contribution in [0.2, 0.25) is 0 Å². The Morgan fingerprint density at radius 3 is 2.89 bits per heavy atom. The van der Waals surface area contributed by atoms with Crippen LogP contribution in [0.15, 0.2) is 18.2 Å². The summed E-state index contributed by atoms with van der Waals surface area (Å²) >= 11 is 0. The molecule has 1 aromatic carbocycles. The van der Waals surface area contributed by atoms with E-state index in [0.29, 0.717) is 5.92 Å². The normalized spacial score (nSPS) is 20.9. The number of benzene rings is 1. The molecule has 0 spiro atoms. The highest BCUT2D eigenvalue weighted by atomic mass is 19.1. The Morgan fingerprint density at radius 2 is 2.32 bits per heavy atom. The lowest BCUT2D eigenvalue weighted by molar-refractivity contribution is -0.387. The fourth-order valence-corrected chi connectivity index (χ4v) is 2.16. The molecule has 2 unspecified atom stereocenters. The smallest absolute Gasteiger partial charge is 0.304 e. The minimum Gasteiger partial charge on any atom is -0.349 e. The zero-order valence-electron chi connectivity index (χ0n) is 10.6. The molecule has 6 heteroatoms. The van der Waals surface area contributed by atoms with Gasteiger partial charge in [0.05, 0.1) is 4.92 Å². The maximum Gasteiger partial charge on any atom is 0.304 e. The Kier molecular flexibility index (Phi) is 3.78. The highest BCUT2D eigenvalue weighted by molar-refractivity contribution is 5.94. The number of halogens is 1. The summed E-state index contributed by atoms with van der Waals surface area (Å²) in [6.45, 7) is 2.09. The van der Waals surface area contributed by atoms with E-state index in [2.05, 4.69) is 12.2 Å². The number of rotatable bonds is 5. The van der Waals surface area contributed by atoms with Gasteiger partial charge >= 0.3 is 5.69 Å². The first-order chi connectivity index (χ1) is 9.02. The summed E-state index contributed by atoms with van der Waals surface area (Å²) in [6.07, 6.45) is 3.10. The molecule has 1 amide bonds. The Bertz CT molecular complexity index is 519. The number of nitro groups is 1. The Balaban J connectivity index is 2.00. The van der Waals surface area contributed by atoms with Gasteiger partial charge < -0.3 is 5.32 Å². The number of hydrogen-bond acceptors (Lipinski definition) is 3. The average molecular weight is 266 g/mol. The van der Waals surface area contributed by atoms with Crippen LogP contribution >= 0.6 is 0 Å². The van der Waals surface area contributed by atoms with E-state index >= 15 is 0 Å². The highest BCUT2D eigenvalue weighted by Crippen LogP contribution is 2.34. The molecule has 1 aromatic rings. The minimum atomic E-state index is -0.987. The Morgan fingerprint density at radius 1 is 1.58 bits per heavy atom. The summed E-state index contributed by atoms with van der Waals surface area (Å²) < 4.78 is 13.4. The Hall–Kier alpha value is -1.98. The van der Waals surface area contributed by atoms with Crippen molar-refractivity contribution in [3.05, 3.63) is 39.7 Å². The third-order valence-electron chi connectivity index (χ3n) is 3.31. The molecule has 19 heavy (non-hydrogen) atoms. The first kappa shape index (κ1) is 13.5. The SMILES string of the molecule is CCCC1CC1NC(=O)c1ccc([N+](=O)[O-])c(F)c1. The van der Waals surface area contributed by atoms with Crippen LogP contribution in [0, 0.1) is 21.8 Å². The lowest BCUT2D eigenvalue weighted by Gasteiger charge is -2.04. The summed E-state index contributed by atoms with van der Waals surface area (Å²) in [6, 6.07) is 3.35. The van der Waals surface area contributed by atoms with Gasteiger partial charge in [0, 0.05) is 17.7 Å². The van der Waals surface area contributed by atoms with Crippen LogP contribution in [0.25, 0.3) is 0 Å². The van der Waals surface area contributed by atoms with E-state index in [9.17, 15) is 19.3 Å². The molecule has 2 atom stereocenters. The van der Waals surface area contributed by atoms with Crippen LogP contribution in [0.3, 0.4) is 0 Å². The summed E-state index contributed by atoms with van der Waals surface area (Å²) in [7, 11) is 0. The third-order valence-corrected chi connectivity index (χ3v) is 3.31. The van der Waals surface area contributed by atoms with E-state index in [-0.39, 0.29) is 17.5 Å². The number of carbonyl (C=O) groups is 1. The fraction of sp³-hybridized carbons (Fsp3) is 0.462. The molecule has 1 fully saturated rings. The topological polar surface area (TPSA) is 72.2 Å². The predicted octanol–water partition coefficient (Wildman–Crippen LogP) is 2.65. The average Bonchev–Trinajstić information content (AvgIpc) is 3.07. The van der Waals surface area contributed by atoms with Gasteiger partial charge in [-0.1, -0.05) is 13.3 Å². The van der Waals surface area contributed by atoms with Gasteiger partial charge in [-0.2, -0.15) is 4.39 Å². The molecule has 0 saturated heterocycles. The van der Waals surface area contributed by atoms with Crippen molar-refractivity contribution in [1.82, 2.24) is 5.32 Å². The van der Waals surface area contributed by atoms with E-state index in [1.165, 1.54) is 6.07 Å². The predicted molar refractivity (Wildman–Crippen MR) is 67.3 cm³/mol. The highest BCUT2D eigenvalue weighted by Gasteiger charge is 2.37. The lowest BCUT2D eigenvalue weighted by Crippen LogP contribution is -2.26. The second kappa shape index (κ2) is 5.34. The van der Waals surface area contributed by atoms with Crippen molar-refractivity contribution in [2.75, 3.05) is 0 Å². The number of amides is 1. The van der Waals surface area contributed by atoms with Crippen molar-refractivity contribution in [3.63, 3.8) is 0 Å². The maximum absolute atomic E-state index is 13.4. The van der Waals surface area contributed by atoms with Gasteiger partial charge in [0.1, 0.15) is 0 Å². The number of nitrogens with one attached hydrogen (secondary N) is 1. The van der Waals surface area contributed by atoms with Gasteiger partial charge in [-0.3, -0.25) is 14.9 Å². The van der Waals surface area contributed by atoms with E-state index in [1.54, 1.807) is 0 Å². The molecular formula is C13H15FN2O3. The zero-order valence-corrected chi connectivity index (χ0v) is 10.6. The summed E-state index contributed by atoms with van der Waals surface area (Å²) in [5.41, 5.74) is -0.503. The van der Waals surface area contributed by atoms with Crippen molar-refractivity contribution in [2.45, 2.75) is 32.2 Å². The molecular weight excluding hydrogens is 251 g/mol. The quantitative estimate of drug-likeness (QED) is 0.657. The molecule has 0 heterocycles. The van der Waals surface area contributed by atoms with Gasteiger partial charge in [0.2, 0.25) is 5.82 Å². The van der Waals surface area contributed by atoms with E-state index in [1.807, 2.05) is 0 Å². The largest absolute Gasteiger partial charge is 0.349 e. The molecule has 0 aliphatic heterocycles.